The van der Waals surface area contributed by atoms with Gasteiger partial charge in [0.25, 0.3) is 0 Å². The summed E-state index contributed by atoms with van der Waals surface area (Å²) >= 11 is 0. The van der Waals surface area contributed by atoms with E-state index in [0.717, 1.165) is 0 Å². The predicted octanol–water partition coefficient (Wildman–Crippen LogP) is -1.69. The van der Waals surface area contributed by atoms with E-state index in [1.165, 1.54) is 7.05 Å². The van der Waals surface area contributed by atoms with Gasteiger partial charge in [-0.2, -0.15) is 0 Å². The molecule has 1 unspecified atom stereocenters. The number of hydrogen-bond donors (Lipinski definition) is 3. The molecule has 66 valence electrons. The molecule has 0 aromatic heterocycles. The number of hydrogen-bond acceptors (Lipinski definition) is 3. The minimum absolute atomic E-state index is 0. The molecule has 0 amide bonds. The second kappa shape index (κ2) is 5.63. The van der Waals surface area contributed by atoms with Crippen LogP contribution >= 0.6 is 0 Å². The summed E-state index contributed by atoms with van der Waals surface area (Å²) in [6.07, 6.45) is -0.397. The molecule has 0 rings (SSSR count). The third-order valence-electron chi connectivity index (χ3n) is 1.03. The summed E-state index contributed by atoms with van der Waals surface area (Å²) in [6, 6.07) is -0.988. The van der Waals surface area contributed by atoms with Gasteiger partial charge in [0.05, 0.1) is 6.42 Å². The minimum atomic E-state index is -1.15. The molecule has 0 fully saturated rings. The summed E-state index contributed by atoms with van der Waals surface area (Å²) in [4.78, 5) is 20.1. The molecular weight excluding hydrogens is 154 g/mol. The van der Waals surface area contributed by atoms with Crippen LogP contribution in [0.2, 0.25) is 0 Å². The number of carboxylic acid groups (broad SMARTS) is 2. The Hall–Kier alpha value is -1.14. The molecule has 0 heterocycles. The van der Waals surface area contributed by atoms with Crippen LogP contribution in [0, 0.1) is 0 Å². The van der Waals surface area contributed by atoms with Crippen molar-refractivity contribution in [2.24, 2.45) is 0 Å². The van der Waals surface area contributed by atoms with Gasteiger partial charge in [-0.25, -0.2) is 0 Å². The highest BCUT2D eigenvalue weighted by atomic mass is 16.4. The van der Waals surface area contributed by atoms with Crippen molar-refractivity contribution >= 4 is 11.9 Å². The molecule has 0 spiro atoms. The normalized spacial score (nSPS) is 11.4. The van der Waals surface area contributed by atoms with Gasteiger partial charge in [-0.15, -0.1) is 0 Å². The topological polar surface area (TPSA) is 118 Å². The Labute approximate surface area is 63.1 Å². The number of aliphatic carboxylic acids is 2. The van der Waals surface area contributed by atoms with Crippen LogP contribution in [0.3, 0.4) is 0 Å². The van der Waals surface area contributed by atoms with Crippen molar-refractivity contribution in [3.8, 4) is 0 Å². The van der Waals surface area contributed by atoms with Gasteiger partial charge >= 0.3 is 11.9 Å². The van der Waals surface area contributed by atoms with E-state index >= 15 is 0 Å². The lowest BCUT2D eigenvalue weighted by atomic mass is 10.2. The third kappa shape index (κ3) is 5.31. The van der Waals surface area contributed by atoms with E-state index in [9.17, 15) is 9.59 Å². The van der Waals surface area contributed by atoms with Gasteiger partial charge in [0.15, 0.2) is 0 Å². The van der Waals surface area contributed by atoms with Crippen LogP contribution in [0.25, 0.3) is 0 Å². The maximum atomic E-state index is 10.1. The molecule has 0 bridgehead atoms. The van der Waals surface area contributed by atoms with Crippen molar-refractivity contribution in [2.45, 2.75) is 12.5 Å². The Morgan fingerprint density at radius 2 is 1.91 bits per heavy atom. The van der Waals surface area contributed by atoms with E-state index in [4.69, 9.17) is 10.2 Å². The Balaban J connectivity index is 0. The summed E-state index contributed by atoms with van der Waals surface area (Å²) in [5, 5.41) is 18.8. The molecule has 0 aliphatic carbocycles. The molecule has 11 heavy (non-hydrogen) atoms. The molecule has 0 saturated heterocycles. The SMILES string of the molecule is CNC(CC(=O)O)C(=O)O.O. The number of carboxylic acids is 2. The average Bonchev–Trinajstić information content (AvgIpc) is 1.81. The Bertz CT molecular complexity index is 146. The van der Waals surface area contributed by atoms with Crippen LogP contribution in [-0.2, 0) is 9.59 Å². The van der Waals surface area contributed by atoms with Crippen molar-refractivity contribution in [2.75, 3.05) is 7.05 Å². The standard InChI is InChI=1S/C5H9NO4.H2O/c1-6-3(5(9)10)2-4(7)8;/h3,6H,2H2,1H3,(H,7,8)(H,9,10);1H2. The van der Waals surface area contributed by atoms with Gasteiger partial charge in [0, 0.05) is 0 Å². The van der Waals surface area contributed by atoms with Crippen LogP contribution in [0.1, 0.15) is 6.42 Å². The van der Waals surface area contributed by atoms with Gasteiger partial charge in [-0.1, -0.05) is 0 Å². The number of likely N-dealkylation sites (N-methyl/N-ethyl adjacent to an activating group) is 1. The molecule has 0 aliphatic rings. The van der Waals surface area contributed by atoms with Crippen LogP contribution in [-0.4, -0.2) is 40.7 Å². The molecule has 1 atom stereocenters. The van der Waals surface area contributed by atoms with E-state index in [-0.39, 0.29) is 5.48 Å². The summed E-state index contributed by atoms with van der Waals surface area (Å²) in [7, 11) is 1.40. The molecular formula is C5H11NO5. The largest absolute Gasteiger partial charge is 0.481 e. The molecule has 0 saturated carbocycles. The highest BCUT2D eigenvalue weighted by molar-refractivity contribution is 5.80. The van der Waals surface area contributed by atoms with E-state index in [1.807, 2.05) is 0 Å². The number of nitrogens with one attached hydrogen (secondary N) is 1. The summed E-state index contributed by atoms with van der Waals surface area (Å²) < 4.78 is 0. The maximum Gasteiger partial charge on any atom is 0.321 e. The highest BCUT2D eigenvalue weighted by Crippen LogP contribution is 1.89. The van der Waals surface area contributed by atoms with Crippen molar-refractivity contribution in [1.82, 2.24) is 5.32 Å². The molecule has 6 nitrogen and oxygen atoms in total. The van der Waals surface area contributed by atoms with E-state index in [0.29, 0.717) is 0 Å². The fraction of sp³-hybridized carbons (Fsp3) is 0.600. The van der Waals surface area contributed by atoms with Crippen LogP contribution < -0.4 is 5.32 Å². The van der Waals surface area contributed by atoms with Crippen LogP contribution in [0.4, 0.5) is 0 Å². The lowest BCUT2D eigenvalue weighted by molar-refractivity contribution is -0.145. The van der Waals surface area contributed by atoms with Gasteiger partial charge in [0.1, 0.15) is 6.04 Å². The zero-order chi connectivity index (χ0) is 8.15. The fourth-order valence-corrected chi connectivity index (χ4v) is 0.487. The molecule has 0 radical (unpaired) electrons. The lowest BCUT2D eigenvalue weighted by Crippen LogP contribution is -2.35. The molecule has 6 heteroatoms. The molecule has 0 aliphatic heterocycles. The first-order valence-corrected chi connectivity index (χ1v) is 2.69. The van der Waals surface area contributed by atoms with Crippen molar-refractivity contribution < 1.29 is 25.3 Å². The zero-order valence-corrected chi connectivity index (χ0v) is 6.00. The van der Waals surface area contributed by atoms with Gasteiger partial charge in [-0.05, 0) is 7.05 Å². The van der Waals surface area contributed by atoms with Gasteiger partial charge < -0.3 is 21.0 Å². The summed E-state index contributed by atoms with van der Waals surface area (Å²) in [6.45, 7) is 0. The Morgan fingerprint density at radius 1 is 1.45 bits per heavy atom. The van der Waals surface area contributed by atoms with Crippen molar-refractivity contribution in [3.05, 3.63) is 0 Å². The van der Waals surface area contributed by atoms with Crippen LogP contribution in [0.15, 0.2) is 0 Å². The van der Waals surface area contributed by atoms with Crippen molar-refractivity contribution in [3.63, 3.8) is 0 Å². The fourth-order valence-electron chi connectivity index (χ4n) is 0.487. The minimum Gasteiger partial charge on any atom is -0.481 e. The van der Waals surface area contributed by atoms with E-state index < -0.39 is 24.4 Å². The highest BCUT2D eigenvalue weighted by Gasteiger charge is 2.17. The monoisotopic (exact) mass is 165 g/mol. The zero-order valence-electron chi connectivity index (χ0n) is 6.00. The second-order valence-corrected chi connectivity index (χ2v) is 1.78. The first kappa shape index (κ1) is 12.5. The average molecular weight is 165 g/mol. The Morgan fingerprint density at radius 3 is 2.00 bits per heavy atom. The quantitative estimate of drug-likeness (QED) is 0.459. The summed E-state index contributed by atoms with van der Waals surface area (Å²) in [5.41, 5.74) is 0. The lowest BCUT2D eigenvalue weighted by Gasteiger charge is -2.06. The Kier molecular flexibility index (Phi) is 6.41. The number of rotatable bonds is 4. The third-order valence-corrected chi connectivity index (χ3v) is 1.03. The predicted molar refractivity (Wildman–Crippen MR) is 36.4 cm³/mol. The molecule has 5 N–H and O–H groups in total. The molecule has 0 aromatic carbocycles. The van der Waals surface area contributed by atoms with Crippen LogP contribution in [0.5, 0.6) is 0 Å². The van der Waals surface area contributed by atoms with Gasteiger partial charge in [-0.3, -0.25) is 9.59 Å². The van der Waals surface area contributed by atoms with E-state index in [2.05, 4.69) is 5.32 Å². The van der Waals surface area contributed by atoms with Gasteiger partial charge in [0.2, 0.25) is 0 Å². The smallest absolute Gasteiger partial charge is 0.321 e. The number of carbonyl (C=O) groups is 2. The van der Waals surface area contributed by atoms with E-state index in [1.54, 1.807) is 0 Å². The molecule has 0 aromatic rings. The van der Waals surface area contributed by atoms with Crippen molar-refractivity contribution in [1.29, 1.82) is 0 Å². The summed E-state index contributed by atoms with van der Waals surface area (Å²) in [5.74, 6) is -2.27. The first-order chi connectivity index (χ1) is 4.57. The maximum absolute atomic E-state index is 10.1. The second-order valence-electron chi connectivity index (χ2n) is 1.78. The first-order valence-electron chi connectivity index (χ1n) is 2.69.